The number of nitrogens with zero attached hydrogens (tertiary/aromatic N) is 3. The van der Waals surface area contributed by atoms with E-state index in [0.717, 1.165) is 0 Å². The quantitative estimate of drug-likeness (QED) is 0.671. The van der Waals surface area contributed by atoms with Crippen LogP contribution in [0.15, 0.2) is 30.5 Å². The van der Waals surface area contributed by atoms with Gasteiger partial charge >= 0.3 is 0 Å². The summed E-state index contributed by atoms with van der Waals surface area (Å²) in [6.45, 7) is 0. The van der Waals surface area contributed by atoms with Gasteiger partial charge < -0.3 is 4.98 Å². The zero-order valence-corrected chi connectivity index (χ0v) is 9.68. The van der Waals surface area contributed by atoms with Gasteiger partial charge in [-0.15, -0.1) is 0 Å². The molecule has 0 atom stereocenters. The monoisotopic (exact) mass is 278 g/mol. The minimum atomic E-state index is -0.918. The van der Waals surface area contributed by atoms with E-state index in [1.807, 2.05) is 0 Å². The summed E-state index contributed by atoms with van der Waals surface area (Å²) in [5.74, 6) is 0. The Hall–Kier alpha value is -3.30. The van der Waals surface area contributed by atoms with E-state index in [-0.39, 0.29) is 11.3 Å². The largest absolute Gasteiger partial charge is 0.361 e. The van der Waals surface area contributed by atoms with Gasteiger partial charge in [0.1, 0.15) is 0 Å². The van der Waals surface area contributed by atoms with Gasteiger partial charge in [-0.3, -0.25) is 30.3 Å². The average Bonchev–Trinajstić information content (AvgIpc) is 2.90. The van der Waals surface area contributed by atoms with Crippen LogP contribution in [0.1, 0.15) is 0 Å². The lowest BCUT2D eigenvalue weighted by atomic mass is 10.1. The van der Waals surface area contributed by atoms with E-state index < -0.39 is 31.8 Å². The lowest BCUT2D eigenvalue weighted by Gasteiger charge is -2.02. The van der Waals surface area contributed by atoms with E-state index in [4.69, 9.17) is 0 Å². The first-order valence-corrected chi connectivity index (χ1v) is 5.16. The van der Waals surface area contributed by atoms with Crippen LogP contribution in [0.3, 0.4) is 0 Å². The summed E-state index contributed by atoms with van der Waals surface area (Å²) in [4.78, 5) is 32.6. The van der Waals surface area contributed by atoms with Crippen molar-refractivity contribution in [3.63, 3.8) is 0 Å². The molecule has 0 aliphatic heterocycles. The van der Waals surface area contributed by atoms with E-state index in [2.05, 4.69) is 4.98 Å². The fraction of sp³-hybridized carbons (Fsp3) is 0. The highest BCUT2D eigenvalue weighted by Gasteiger charge is 2.31. The fourth-order valence-corrected chi connectivity index (χ4v) is 1.75. The van der Waals surface area contributed by atoms with Crippen LogP contribution in [0.2, 0.25) is 0 Å². The number of H-pyrrole nitrogens is 1. The van der Waals surface area contributed by atoms with Crippen molar-refractivity contribution in [1.82, 2.24) is 4.98 Å². The number of nitrogens with one attached hydrogen (secondary N) is 1. The van der Waals surface area contributed by atoms with Crippen LogP contribution in [-0.2, 0) is 0 Å². The molecule has 1 N–H and O–H groups in total. The van der Waals surface area contributed by atoms with Gasteiger partial charge in [0, 0.05) is 6.20 Å². The molecule has 10 heteroatoms. The lowest BCUT2D eigenvalue weighted by Crippen LogP contribution is -2.00. The highest BCUT2D eigenvalue weighted by molar-refractivity contribution is 5.82. The van der Waals surface area contributed by atoms with E-state index >= 15 is 0 Å². The molecule has 1 heterocycles. The van der Waals surface area contributed by atoms with Crippen molar-refractivity contribution >= 4 is 17.1 Å². The molecule has 0 aliphatic rings. The number of aromatic amines is 1. The summed E-state index contributed by atoms with van der Waals surface area (Å²) in [7, 11) is 0. The van der Waals surface area contributed by atoms with Gasteiger partial charge in [0.05, 0.1) is 32.6 Å². The lowest BCUT2D eigenvalue weighted by molar-refractivity contribution is -0.402. The molecule has 0 aliphatic carbocycles. The van der Waals surface area contributed by atoms with Gasteiger partial charge in [0.15, 0.2) is 5.56 Å². The summed E-state index contributed by atoms with van der Waals surface area (Å²) >= 11 is 0. The van der Waals surface area contributed by atoms with E-state index in [1.54, 1.807) is 0 Å². The van der Waals surface area contributed by atoms with Gasteiger partial charge in [-0.05, 0) is 12.1 Å². The Morgan fingerprint density at radius 1 is 0.900 bits per heavy atom. The minimum absolute atomic E-state index is 0.137. The number of aromatic nitrogens is 1. The third kappa shape index (κ3) is 2.16. The molecule has 2 aromatic rings. The van der Waals surface area contributed by atoms with E-state index in [9.17, 15) is 30.3 Å². The van der Waals surface area contributed by atoms with Crippen molar-refractivity contribution in [2.75, 3.05) is 0 Å². The molecule has 1 aromatic heterocycles. The molecular formula is C10H6N4O6. The fourth-order valence-electron chi connectivity index (χ4n) is 1.75. The minimum Gasteiger partial charge on any atom is -0.361 e. The van der Waals surface area contributed by atoms with Gasteiger partial charge in [-0.1, -0.05) is 0 Å². The Balaban J connectivity index is 2.85. The second-order valence-corrected chi connectivity index (χ2v) is 3.71. The summed E-state index contributed by atoms with van der Waals surface area (Å²) in [6.07, 6.45) is 1.43. The van der Waals surface area contributed by atoms with Gasteiger partial charge in [0.25, 0.3) is 17.1 Å². The smallest absolute Gasteiger partial charge is 0.292 e. The van der Waals surface area contributed by atoms with Crippen LogP contribution in [0.5, 0.6) is 0 Å². The molecule has 0 bridgehead atoms. The standard InChI is InChI=1S/C10H6N4O6/c15-12(16)6-4-8(13(17)18)10(7-2-1-3-11-7)9(5-6)14(19)20/h1-5,11H. The predicted molar refractivity (Wildman–Crippen MR) is 66.2 cm³/mol. The molecule has 0 saturated heterocycles. The van der Waals surface area contributed by atoms with E-state index in [0.29, 0.717) is 12.1 Å². The second kappa shape index (κ2) is 4.76. The normalized spacial score (nSPS) is 10.2. The summed E-state index contributed by atoms with van der Waals surface area (Å²) in [5.41, 5.74) is -2.27. The van der Waals surface area contributed by atoms with Crippen LogP contribution >= 0.6 is 0 Å². The maximum Gasteiger partial charge on any atom is 0.292 e. The molecule has 10 nitrogen and oxygen atoms in total. The van der Waals surface area contributed by atoms with Gasteiger partial charge in [-0.25, -0.2) is 0 Å². The number of benzene rings is 1. The van der Waals surface area contributed by atoms with E-state index in [1.165, 1.54) is 18.3 Å². The molecule has 0 amide bonds. The maximum absolute atomic E-state index is 11.0. The first-order valence-electron chi connectivity index (χ1n) is 5.16. The average molecular weight is 278 g/mol. The number of nitro benzene ring substituents is 3. The SMILES string of the molecule is O=[N+]([O-])c1cc([N+](=O)[O-])c(-c2ccc[nH]2)c([N+](=O)[O-])c1. The molecular weight excluding hydrogens is 272 g/mol. The van der Waals surface area contributed by atoms with Gasteiger partial charge in [-0.2, -0.15) is 0 Å². The topological polar surface area (TPSA) is 145 Å². The Kier molecular flexibility index (Phi) is 3.13. The molecule has 0 fully saturated rings. The number of rotatable bonds is 4. The molecule has 0 saturated carbocycles. The first-order chi connectivity index (χ1) is 9.41. The number of hydrogen-bond donors (Lipinski definition) is 1. The van der Waals surface area contributed by atoms with Crippen LogP contribution in [0, 0.1) is 30.3 Å². The maximum atomic E-state index is 11.0. The Morgan fingerprint density at radius 2 is 1.45 bits per heavy atom. The Bertz CT molecular complexity index is 674. The highest BCUT2D eigenvalue weighted by atomic mass is 16.6. The number of non-ortho nitro benzene ring substituents is 1. The molecule has 2 rings (SSSR count). The van der Waals surface area contributed by atoms with Crippen LogP contribution in [0.25, 0.3) is 11.3 Å². The second-order valence-electron chi connectivity index (χ2n) is 3.71. The summed E-state index contributed by atoms with van der Waals surface area (Å²) in [6, 6.07) is 4.30. The summed E-state index contributed by atoms with van der Waals surface area (Å²) < 4.78 is 0. The predicted octanol–water partition coefficient (Wildman–Crippen LogP) is 2.41. The van der Waals surface area contributed by atoms with Crippen LogP contribution in [0.4, 0.5) is 17.1 Å². The molecule has 0 spiro atoms. The highest BCUT2D eigenvalue weighted by Crippen LogP contribution is 2.40. The Morgan fingerprint density at radius 3 is 1.80 bits per heavy atom. The third-order valence-corrected chi connectivity index (χ3v) is 2.55. The molecule has 1 aromatic carbocycles. The van der Waals surface area contributed by atoms with Crippen molar-refractivity contribution in [2.24, 2.45) is 0 Å². The van der Waals surface area contributed by atoms with Crippen molar-refractivity contribution in [1.29, 1.82) is 0 Å². The Labute approximate surface area is 110 Å². The van der Waals surface area contributed by atoms with Crippen LogP contribution in [-0.4, -0.2) is 19.8 Å². The third-order valence-electron chi connectivity index (χ3n) is 2.55. The summed E-state index contributed by atoms with van der Waals surface area (Å²) in [5, 5.41) is 32.7. The molecule has 0 radical (unpaired) electrons. The van der Waals surface area contributed by atoms with Gasteiger partial charge in [0.2, 0.25) is 0 Å². The van der Waals surface area contributed by atoms with Crippen molar-refractivity contribution in [3.05, 3.63) is 60.8 Å². The van der Waals surface area contributed by atoms with Crippen LogP contribution < -0.4 is 0 Å². The van der Waals surface area contributed by atoms with Crippen molar-refractivity contribution in [3.8, 4) is 11.3 Å². The first kappa shape index (κ1) is 13.1. The van der Waals surface area contributed by atoms with Crippen molar-refractivity contribution in [2.45, 2.75) is 0 Å². The zero-order chi connectivity index (χ0) is 14.9. The number of hydrogen-bond acceptors (Lipinski definition) is 6. The molecule has 0 unspecified atom stereocenters. The molecule has 102 valence electrons. The number of nitro groups is 3. The molecule has 20 heavy (non-hydrogen) atoms. The van der Waals surface area contributed by atoms with Crippen molar-refractivity contribution < 1.29 is 14.8 Å². The zero-order valence-electron chi connectivity index (χ0n) is 9.68.